The van der Waals surface area contributed by atoms with Crippen LogP contribution in [-0.2, 0) is 6.54 Å². The molecule has 0 saturated heterocycles. The van der Waals surface area contributed by atoms with Crippen LogP contribution in [0, 0.1) is 5.82 Å². The number of nitrogens with one attached hydrogen (secondary N) is 1. The number of H-pyrrole nitrogens is 1. The second-order valence-electron chi connectivity index (χ2n) is 7.24. The molecule has 30 heavy (non-hydrogen) atoms. The summed E-state index contributed by atoms with van der Waals surface area (Å²) in [6.07, 6.45) is 3.55. The minimum absolute atomic E-state index is 0.0984. The number of aromatic nitrogens is 6. The van der Waals surface area contributed by atoms with Gasteiger partial charge in [0.1, 0.15) is 28.7 Å². The fourth-order valence-corrected chi connectivity index (χ4v) is 3.26. The average Bonchev–Trinajstić information content (AvgIpc) is 3.51. The van der Waals surface area contributed by atoms with Crippen LogP contribution in [0.2, 0.25) is 0 Å². The molecule has 1 aliphatic rings. The molecule has 1 aliphatic carbocycles. The molecule has 0 unspecified atom stereocenters. The van der Waals surface area contributed by atoms with Gasteiger partial charge in [0.25, 0.3) is 5.56 Å². The van der Waals surface area contributed by atoms with E-state index in [1.54, 1.807) is 36.4 Å². The predicted molar refractivity (Wildman–Crippen MR) is 109 cm³/mol. The molecule has 0 aliphatic heterocycles. The Morgan fingerprint density at radius 1 is 1.13 bits per heavy atom. The quantitative estimate of drug-likeness (QED) is 0.529. The number of hydrogen-bond acceptors (Lipinski definition) is 6. The summed E-state index contributed by atoms with van der Waals surface area (Å²) >= 11 is 0. The Morgan fingerprint density at radius 3 is 2.70 bits per heavy atom. The van der Waals surface area contributed by atoms with E-state index in [9.17, 15) is 9.18 Å². The second-order valence-corrected chi connectivity index (χ2v) is 7.24. The number of nitrogens with two attached hydrogens (primary N) is 1. The first-order chi connectivity index (χ1) is 14.6. The summed E-state index contributed by atoms with van der Waals surface area (Å²) in [7, 11) is 0. The summed E-state index contributed by atoms with van der Waals surface area (Å²) in [5.74, 6) is 1.54. The van der Waals surface area contributed by atoms with Gasteiger partial charge >= 0.3 is 0 Å². The smallest absolute Gasteiger partial charge is 0.261 e. The van der Waals surface area contributed by atoms with Crippen molar-refractivity contribution < 1.29 is 4.39 Å². The monoisotopic (exact) mass is 403 g/mol. The lowest BCUT2D eigenvalue weighted by molar-refractivity contribution is 0.587. The third-order valence-electron chi connectivity index (χ3n) is 4.97. The Kier molecular flexibility index (Phi) is 4.35. The molecule has 1 saturated carbocycles. The highest BCUT2D eigenvalue weighted by Crippen LogP contribution is 2.37. The van der Waals surface area contributed by atoms with E-state index in [1.807, 2.05) is 0 Å². The predicted octanol–water partition coefficient (Wildman–Crippen LogP) is 2.74. The van der Waals surface area contributed by atoms with Gasteiger partial charge in [-0.2, -0.15) is 0 Å². The number of pyridine rings is 1. The van der Waals surface area contributed by atoms with Crippen molar-refractivity contribution in [2.75, 3.05) is 5.73 Å². The van der Waals surface area contributed by atoms with E-state index >= 15 is 0 Å². The van der Waals surface area contributed by atoms with Crippen molar-refractivity contribution in [3.63, 3.8) is 0 Å². The van der Waals surface area contributed by atoms with Crippen molar-refractivity contribution in [1.29, 1.82) is 0 Å². The third kappa shape index (κ3) is 3.45. The molecule has 3 N–H and O–H groups in total. The summed E-state index contributed by atoms with van der Waals surface area (Å²) in [5.41, 5.74) is 6.63. The van der Waals surface area contributed by atoms with Crippen molar-refractivity contribution in [3.8, 4) is 22.9 Å². The van der Waals surface area contributed by atoms with Gasteiger partial charge in [-0.25, -0.2) is 24.0 Å². The Bertz CT molecular complexity index is 1290. The van der Waals surface area contributed by atoms with Crippen LogP contribution in [0.25, 0.3) is 22.9 Å². The van der Waals surface area contributed by atoms with E-state index in [0.29, 0.717) is 34.6 Å². The first-order valence-corrected chi connectivity index (χ1v) is 9.59. The fraction of sp³-hybridized carbons (Fsp3) is 0.190. The molecule has 8 nitrogen and oxygen atoms in total. The van der Waals surface area contributed by atoms with Crippen molar-refractivity contribution in [2.45, 2.75) is 25.3 Å². The number of aromatic amines is 1. The maximum absolute atomic E-state index is 14.2. The molecule has 1 fully saturated rings. The van der Waals surface area contributed by atoms with E-state index in [1.165, 1.54) is 16.9 Å². The van der Waals surface area contributed by atoms with Crippen molar-refractivity contribution in [1.82, 2.24) is 29.7 Å². The topological polar surface area (TPSA) is 115 Å². The molecule has 3 aromatic heterocycles. The Labute approximate surface area is 170 Å². The molecule has 0 bridgehead atoms. The molecule has 0 spiro atoms. The lowest BCUT2D eigenvalue weighted by Crippen LogP contribution is -2.16. The van der Waals surface area contributed by atoms with Gasteiger partial charge in [-0.15, -0.1) is 5.10 Å². The van der Waals surface area contributed by atoms with E-state index < -0.39 is 0 Å². The number of nitrogen functional groups attached to an aromatic ring is 1. The zero-order valence-electron chi connectivity index (χ0n) is 15.9. The highest BCUT2D eigenvalue weighted by atomic mass is 19.1. The molecular weight excluding hydrogens is 385 g/mol. The van der Waals surface area contributed by atoms with Crippen LogP contribution in [-0.4, -0.2) is 29.7 Å². The molecule has 9 heteroatoms. The van der Waals surface area contributed by atoms with Crippen LogP contribution in [0.1, 0.15) is 30.1 Å². The van der Waals surface area contributed by atoms with E-state index in [0.717, 1.165) is 12.8 Å². The zero-order valence-corrected chi connectivity index (χ0v) is 15.9. The average molecular weight is 403 g/mol. The van der Waals surface area contributed by atoms with E-state index in [-0.39, 0.29) is 29.3 Å². The van der Waals surface area contributed by atoms with Crippen LogP contribution in [0.5, 0.6) is 0 Å². The minimum Gasteiger partial charge on any atom is -0.384 e. The van der Waals surface area contributed by atoms with Crippen LogP contribution in [0.3, 0.4) is 0 Å². The first-order valence-electron chi connectivity index (χ1n) is 9.59. The van der Waals surface area contributed by atoms with Crippen LogP contribution < -0.4 is 11.3 Å². The standard InChI is InChI=1S/C21H18FN7O/c22-15-5-2-1-4-13(15)11-29-20(14-10-24-18(12-8-9-12)27-21(14)30)26-19(28-29)16-6-3-7-17(23)25-16/h1-7,10,12H,8-9,11H2,(H2,23,25)(H,24,27,30). The van der Waals surface area contributed by atoms with Gasteiger partial charge in [-0.1, -0.05) is 24.3 Å². The summed E-state index contributed by atoms with van der Waals surface area (Å²) in [5, 5.41) is 4.49. The van der Waals surface area contributed by atoms with Gasteiger partial charge in [0.2, 0.25) is 0 Å². The summed E-state index contributed by atoms with van der Waals surface area (Å²) < 4.78 is 15.7. The Balaban J connectivity index is 1.62. The number of nitrogens with zero attached hydrogens (tertiary/aromatic N) is 5. The lowest BCUT2D eigenvalue weighted by atomic mass is 10.2. The molecular formula is C21H18FN7O. The molecule has 4 aromatic rings. The minimum atomic E-state index is -0.362. The highest BCUT2D eigenvalue weighted by molar-refractivity contribution is 5.59. The molecule has 150 valence electrons. The van der Waals surface area contributed by atoms with E-state index in [4.69, 9.17) is 5.73 Å². The number of anilines is 1. The van der Waals surface area contributed by atoms with Crippen LogP contribution in [0.4, 0.5) is 10.2 Å². The maximum atomic E-state index is 14.2. The van der Waals surface area contributed by atoms with Crippen molar-refractivity contribution in [3.05, 3.63) is 76.2 Å². The van der Waals surface area contributed by atoms with Gasteiger partial charge in [-0.3, -0.25) is 4.79 Å². The van der Waals surface area contributed by atoms with Gasteiger partial charge in [0.05, 0.1) is 6.54 Å². The first kappa shape index (κ1) is 18.2. The van der Waals surface area contributed by atoms with Gasteiger partial charge in [0, 0.05) is 17.7 Å². The highest BCUT2D eigenvalue weighted by Gasteiger charge is 2.27. The third-order valence-corrected chi connectivity index (χ3v) is 4.97. The summed E-state index contributed by atoms with van der Waals surface area (Å²) in [6, 6.07) is 11.5. The molecule has 0 radical (unpaired) electrons. The lowest BCUT2D eigenvalue weighted by Gasteiger charge is -2.07. The molecule has 1 aromatic carbocycles. The van der Waals surface area contributed by atoms with Crippen LogP contribution in [0.15, 0.2) is 53.5 Å². The van der Waals surface area contributed by atoms with Gasteiger partial charge in [0.15, 0.2) is 11.6 Å². The van der Waals surface area contributed by atoms with Gasteiger partial charge < -0.3 is 10.7 Å². The van der Waals surface area contributed by atoms with Crippen LogP contribution >= 0.6 is 0 Å². The molecule has 0 amide bonds. The zero-order chi connectivity index (χ0) is 20.7. The fourth-order valence-electron chi connectivity index (χ4n) is 3.26. The molecule has 5 rings (SSSR count). The van der Waals surface area contributed by atoms with Crippen molar-refractivity contribution in [2.24, 2.45) is 0 Å². The molecule has 0 atom stereocenters. The summed E-state index contributed by atoms with van der Waals surface area (Å²) in [6.45, 7) is 0.0984. The van der Waals surface area contributed by atoms with Crippen molar-refractivity contribution >= 4 is 5.82 Å². The Hall–Kier alpha value is -3.88. The summed E-state index contributed by atoms with van der Waals surface area (Å²) in [4.78, 5) is 28.8. The number of benzene rings is 1. The molecule has 3 heterocycles. The maximum Gasteiger partial charge on any atom is 0.261 e. The van der Waals surface area contributed by atoms with Gasteiger partial charge in [-0.05, 0) is 31.0 Å². The second kappa shape index (κ2) is 7.18. The number of rotatable bonds is 5. The normalized spacial score (nSPS) is 13.5. The van der Waals surface area contributed by atoms with E-state index in [2.05, 4.69) is 25.0 Å². The number of halogens is 1. The Morgan fingerprint density at radius 2 is 1.97 bits per heavy atom. The SMILES string of the molecule is Nc1cccc(-c2nc(-c3cnc(C4CC4)[nH]c3=O)n(Cc3ccccc3F)n2)n1. The largest absolute Gasteiger partial charge is 0.384 e. The number of hydrogen-bond donors (Lipinski definition) is 2.